The van der Waals surface area contributed by atoms with Gasteiger partial charge in [0.25, 0.3) is 0 Å². The highest BCUT2D eigenvalue weighted by atomic mass is 19.1. The summed E-state index contributed by atoms with van der Waals surface area (Å²) in [5.41, 5.74) is 5.35. The number of hydrogen-bond acceptors (Lipinski definition) is 5. The lowest BCUT2D eigenvalue weighted by atomic mass is 10.2. The Labute approximate surface area is 111 Å². The molecule has 0 aliphatic rings. The van der Waals surface area contributed by atoms with Crippen molar-refractivity contribution in [1.29, 1.82) is 0 Å². The largest absolute Gasteiger partial charge is 0.460 e. The van der Waals surface area contributed by atoms with E-state index in [1.807, 2.05) is 0 Å². The van der Waals surface area contributed by atoms with E-state index in [2.05, 4.69) is 0 Å². The van der Waals surface area contributed by atoms with Gasteiger partial charge in [0, 0.05) is 26.0 Å². The molecule has 5 nitrogen and oxygen atoms in total. The first-order chi connectivity index (χ1) is 9.16. The van der Waals surface area contributed by atoms with Gasteiger partial charge in [-0.2, -0.15) is 0 Å². The van der Waals surface area contributed by atoms with Crippen LogP contribution in [-0.4, -0.2) is 39.5 Å². The zero-order chi connectivity index (χ0) is 14.1. The van der Waals surface area contributed by atoms with E-state index in [-0.39, 0.29) is 24.5 Å². The maximum atomic E-state index is 13.4. The van der Waals surface area contributed by atoms with Crippen LogP contribution < -0.4 is 5.73 Å². The van der Waals surface area contributed by atoms with Crippen molar-refractivity contribution >= 4 is 11.7 Å². The maximum absolute atomic E-state index is 13.4. The van der Waals surface area contributed by atoms with Crippen molar-refractivity contribution in [3.63, 3.8) is 0 Å². The molecule has 0 aliphatic heterocycles. The number of rotatable bonds is 8. The number of carbonyl (C=O) groups excluding carboxylic acids is 1. The Balaban J connectivity index is 2.28. The summed E-state index contributed by atoms with van der Waals surface area (Å²) in [4.78, 5) is 11.6. The summed E-state index contributed by atoms with van der Waals surface area (Å²) in [5.74, 6) is -1.47. The number of benzene rings is 1. The van der Waals surface area contributed by atoms with Gasteiger partial charge in [0.15, 0.2) is 0 Å². The van der Waals surface area contributed by atoms with Crippen LogP contribution in [0.5, 0.6) is 0 Å². The van der Waals surface area contributed by atoms with Gasteiger partial charge in [-0.25, -0.2) is 9.18 Å². The van der Waals surface area contributed by atoms with Gasteiger partial charge in [0.2, 0.25) is 0 Å². The Bertz CT molecular complexity index is 391. The summed E-state index contributed by atoms with van der Waals surface area (Å²) >= 11 is 0. The third kappa shape index (κ3) is 5.23. The molecule has 0 amide bonds. The number of carbonyl (C=O) groups is 1. The monoisotopic (exact) mass is 271 g/mol. The van der Waals surface area contributed by atoms with Gasteiger partial charge in [-0.3, -0.25) is 0 Å². The van der Waals surface area contributed by atoms with Crippen LogP contribution in [0.1, 0.15) is 16.8 Å². The van der Waals surface area contributed by atoms with Crippen molar-refractivity contribution in [2.75, 3.05) is 39.3 Å². The molecule has 0 heterocycles. The molecule has 0 aliphatic carbocycles. The van der Waals surface area contributed by atoms with Crippen LogP contribution in [-0.2, 0) is 14.2 Å². The zero-order valence-corrected chi connectivity index (χ0v) is 10.9. The molecule has 1 rings (SSSR count). The molecular weight excluding hydrogens is 253 g/mol. The molecule has 1 aromatic rings. The smallest absolute Gasteiger partial charge is 0.343 e. The van der Waals surface area contributed by atoms with Gasteiger partial charge in [0.05, 0.1) is 6.61 Å². The molecule has 0 fully saturated rings. The molecule has 2 N–H and O–H groups in total. The number of hydrogen-bond donors (Lipinski definition) is 1. The van der Waals surface area contributed by atoms with Crippen molar-refractivity contribution < 1.29 is 23.4 Å². The molecule has 0 saturated carbocycles. The normalized spacial score (nSPS) is 10.4. The van der Waals surface area contributed by atoms with Crippen molar-refractivity contribution in [3.8, 4) is 0 Å². The highest BCUT2D eigenvalue weighted by Crippen LogP contribution is 2.16. The van der Waals surface area contributed by atoms with E-state index in [1.165, 1.54) is 12.1 Å². The average Bonchev–Trinajstić information content (AvgIpc) is 2.37. The van der Waals surface area contributed by atoms with Gasteiger partial charge in [-0.15, -0.1) is 0 Å². The molecule has 0 spiro atoms. The third-order valence-electron chi connectivity index (χ3n) is 2.35. The van der Waals surface area contributed by atoms with Crippen LogP contribution in [0.15, 0.2) is 18.2 Å². The van der Waals surface area contributed by atoms with E-state index in [4.69, 9.17) is 19.9 Å². The van der Waals surface area contributed by atoms with E-state index in [0.29, 0.717) is 13.2 Å². The minimum Gasteiger partial charge on any atom is -0.460 e. The number of nitrogen functional groups attached to an aromatic ring is 1. The fraction of sp³-hybridized carbons (Fsp3) is 0.462. The Morgan fingerprint density at radius 3 is 2.74 bits per heavy atom. The molecule has 6 heteroatoms. The van der Waals surface area contributed by atoms with Crippen LogP contribution in [0.3, 0.4) is 0 Å². The average molecular weight is 271 g/mol. The zero-order valence-electron chi connectivity index (χ0n) is 10.9. The minimum absolute atomic E-state index is 0.0551. The maximum Gasteiger partial charge on any atom is 0.343 e. The quantitative estimate of drug-likeness (QED) is 0.442. The molecular formula is C13H18FNO4. The van der Waals surface area contributed by atoms with E-state index in [9.17, 15) is 9.18 Å². The van der Waals surface area contributed by atoms with Gasteiger partial charge >= 0.3 is 5.97 Å². The van der Waals surface area contributed by atoms with E-state index in [0.717, 1.165) is 12.5 Å². The Kier molecular flexibility index (Phi) is 6.84. The molecule has 0 unspecified atom stereocenters. The SMILES string of the molecule is COCCCOCCOC(=O)c1c(N)cccc1F. The van der Waals surface area contributed by atoms with E-state index in [1.54, 1.807) is 7.11 Å². The number of methoxy groups -OCH3 is 1. The number of halogens is 1. The Morgan fingerprint density at radius 2 is 2.05 bits per heavy atom. The lowest BCUT2D eigenvalue weighted by Crippen LogP contribution is -2.14. The summed E-state index contributed by atoms with van der Waals surface area (Å²) in [7, 11) is 1.61. The van der Waals surface area contributed by atoms with Crippen molar-refractivity contribution in [3.05, 3.63) is 29.6 Å². The van der Waals surface area contributed by atoms with Crippen LogP contribution in [0.2, 0.25) is 0 Å². The predicted molar refractivity (Wildman–Crippen MR) is 68.4 cm³/mol. The molecule has 106 valence electrons. The van der Waals surface area contributed by atoms with Crippen LogP contribution in [0.4, 0.5) is 10.1 Å². The molecule has 0 aromatic heterocycles. The van der Waals surface area contributed by atoms with Crippen LogP contribution in [0, 0.1) is 5.82 Å². The third-order valence-corrected chi connectivity index (χ3v) is 2.35. The summed E-state index contributed by atoms with van der Waals surface area (Å²) in [6, 6.07) is 4.04. The van der Waals surface area contributed by atoms with Crippen LogP contribution in [0.25, 0.3) is 0 Å². The fourth-order valence-electron chi connectivity index (χ4n) is 1.43. The lowest BCUT2D eigenvalue weighted by molar-refractivity contribution is 0.0285. The van der Waals surface area contributed by atoms with Gasteiger partial charge < -0.3 is 19.9 Å². The fourth-order valence-corrected chi connectivity index (χ4v) is 1.43. The number of ether oxygens (including phenoxy) is 3. The second-order valence-corrected chi connectivity index (χ2v) is 3.80. The summed E-state index contributed by atoms with van der Waals surface area (Å²) < 4.78 is 28.3. The molecule has 0 saturated heterocycles. The molecule has 1 aromatic carbocycles. The van der Waals surface area contributed by atoms with E-state index < -0.39 is 11.8 Å². The van der Waals surface area contributed by atoms with Gasteiger partial charge in [0.1, 0.15) is 18.0 Å². The van der Waals surface area contributed by atoms with Gasteiger partial charge in [-0.1, -0.05) is 6.07 Å². The Hall–Kier alpha value is -1.66. The standard InChI is InChI=1S/C13H18FNO4/c1-17-6-3-7-18-8-9-19-13(16)12-10(14)4-2-5-11(12)15/h2,4-5H,3,6-9,15H2,1H3. The topological polar surface area (TPSA) is 70.8 Å². The lowest BCUT2D eigenvalue weighted by Gasteiger charge is -2.08. The number of anilines is 1. The number of nitrogens with two attached hydrogens (primary N) is 1. The molecule has 19 heavy (non-hydrogen) atoms. The minimum atomic E-state index is -0.781. The summed E-state index contributed by atoms with van der Waals surface area (Å²) in [5, 5.41) is 0. The predicted octanol–water partition coefficient (Wildman–Crippen LogP) is 1.62. The second-order valence-electron chi connectivity index (χ2n) is 3.80. The summed E-state index contributed by atoms with van der Waals surface area (Å²) in [6.07, 6.45) is 0.769. The van der Waals surface area contributed by atoms with Crippen LogP contribution >= 0.6 is 0 Å². The molecule has 0 bridgehead atoms. The Morgan fingerprint density at radius 1 is 1.26 bits per heavy atom. The first-order valence-corrected chi connectivity index (χ1v) is 5.94. The van der Waals surface area contributed by atoms with E-state index >= 15 is 0 Å². The molecule has 0 atom stereocenters. The molecule has 0 radical (unpaired) electrons. The van der Waals surface area contributed by atoms with Crippen molar-refractivity contribution in [2.24, 2.45) is 0 Å². The summed E-state index contributed by atoms with van der Waals surface area (Å²) in [6.45, 7) is 1.45. The highest BCUT2D eigenvalue weighted by Gasteiger charge is 2.16. The van der Waals surface area contributed by atoms with Crippen molar-refractivity contribution in [2.45, 2.75) is 6.42 Å². The highest BCUT2D eigenvalue weighted by molar-refractivity contribution is 5.95. The van der Waals surface area contributed by atoms with Gasteiger partial charge in [-0.05, 0) is 18.6 Å². The van der Waals surface area contributed by atoms with Crippen molar-refractivity contribution in [1.82, 2.24) is 0 Å². The number of esters is 1. The second kappa shape index (κ2) is 8.44. The first kappa shape index (κ1) is 15.4. The first-order valence-electron chi connectivity index (χ1n) is 5.94.